The molecule has 0 saturated carbocycles. The van der Waals surface area contributed by atoms with Crippen molar-refractivity contribution in [2.24, 2.45) is 0 Å². The van der Waals surface area contributed by atoms with Crippen molar-refractivity contribution in [3.8, 4) is 0 Å². The van der Waals surface area contributed by atoms with E-state index in [0.29, 0.717) is 36.1 Å². The Bertz CT molecular complexity index is 914. The van der Waals surface area contributed by atoms with Crippen LogP contribution < -0.4 is 15.8 Å². The highest BCUT2D eigenvalue weighted by Crippen LogP contribution is 2.40. The Kier molecular flexibility index (Phi) is 5.02. The molecule has 2 aliphatic heterocycles. The molecule has 9 heteroatoms. The normalized spacial score (nSPS) is 18.5. The predicted molar refractivity (Wildman–Crippen MR) is 112 cm³/mol. The molecule has 29 heavy (non-hydrogen) atoms. The highest BCUT2D eigenvalue weighted by atomic mass is 35.5. The van der Waals surface area contributed by atoms with Gasteiger partial charge in [0.25, 0.3) is 5.92 Å². The summed E-state index contributed by atoms with van der Waals surface area (Å²) in [6.45, 7) is 6.57. The zero-order chi connectivity index (χ0) is 20.8. The zero-order valence-electron chi connectivity index (χ0n) is 16.8. The number of rotatable bonds is 4. The number of anilines is 3. The van der Waals surface area contributed by atoms with Crippen LogP contribution in [0.1, 0.15) is 38.6 Å². The van der Waals surface area contributed by atoms with Gasteiger partial charge < -0.3 is 4.90 Å². The fraction of sp³-hybridized carbons (Fsp3) is 0.500. The second kappa shape index (κ2) is 7.25. The molecule has 0 radical (unpaired) electrons. The molecule has 1 fully saturated rings. The first-order valence-electron chi connectivity index (χ1n) is 9.72. The molecule has 0 atom stereocenters. The first-order chi connectivity index (χ1) is 13.6. The molecular formula is C20H25ClF2N6. The van der Waals surface area contributed by atoms with Crippen molar-refractivity contribution < 1.29 is 8.78 Å². The van der Waals surface area contributed by atoms with Crippen molar-refractivity contribution in [1.29, 1.82) is 0 Å². The quantitative estimate of drug-likeness (QED) is 0.757. The molecule has 0 spiro atoms. The largest absolute Gasteiger partial charge is 0.348 e. The molecule has 1 aromatic carbocycles. The van der Waals surface area contributed by atoms with Gasteiger partial charge in [-0.15, -0.1) is 5.12 Å². The van der Waals surface area contributed by atoms with Gasteiger partial charge >= 0.3 is 0 Å². The maximum atomic E-state index is 13.8. The Morgan fingerprint density at radius 1 is 1.17 bits per heavy atom. The van der Waals surface area contributed by atoms with E-state index in [-0.39, 0.29) is 24.9 Å². The van der Waals surface area contributed by atoms with Crippen LogP contribution in [0.3, 0.4) is 0 Å². The molecular weight excluding hydrogens is 398 g/mol. The number of alkyl halides is 2. The molecule has 0 amide bonds. The molecule has 0 aliphatic carbocycles. The lowest BCUT2D eigenvalue weighted by Gasteiger charge is -2.23. The maximum absolute atomic E-state index is 13.8. The summed E-state index contributed by atoms with van der Waals surface area (Å²) in [5.74, 6) is -0.960. The van der Waals surface area contributed by atoms with Crippen molar-refractivity contribution in [2.75, 3.05) is 35.4 Å². The number of nitrogens with one attached hydrogen (secondary N) is 2. The molecule has 4 rings (SSSR count). The van der Waals surface area contributed by atoms with E-state index in [1.807, 2.05) is 45.0 Å². The molecule has 2 N–H and O–H groups in total. The van der Waals surface area contributed by atoms with Crippen LogP contribution in [0.25, 0.3) is 0 Å². The van der Waals surface area contributed by atoms with Gasteiger partial charge in [-0.25, -0.2) is 18.7 Å². The molecule has 1 saturated heterocycles. The van der Waals surface area contributed by atoms with Crippen molar-refractivity contribution in [3.63, 3.8) is 0 Å². The minimum atomic E-state index is -2.70. The third-order valence-corrected chi connectivity index (χ3v) is 5.45. The molecule has 156 valence electrons. The zero-order valence-corrected chi connectivity index (χ0v) is 17.5. The van der Waals surface area contributed by atoms with E-state index in [1.165, 1.54) is 0 Å². The van der Waals surface area contributed by atoms with E-state index in [9.17, 15) is 8.78 Å². The Labute approximate surface area is 174 Å². The second-order valence-corrected chi connectivity index (χ2v) is 9.00. The predicted octanol–water partition coefficient (Wildman–Crippen LogP) is 4.49. The summed E-state index contributed by atoms with van der Waals surface area (Å²) < 4.78 is 27.7. The molecule has 0 unspecified atom stereocenters. The van der Waals surface area contributed by atoms with Crippen molar-refractivity contribution >= 4 is 28.9 Å². The van der Waals surface area contributed by atoms with Gasteiger partial charge in [-0.2, -0.15) is 0 Å². The summed E-state index contributed by atoms with van der Waals surface area (Å²) in [5.41, 5.74) is 7.84. The average Bonchev–Trinajstić information content (AvgIpc) is 3.21. The van der Waals surface area contributed by atoms with E-state index in [1.54, 1.807) is 10.0 Å². The Morgan fingerprint density at radius 2 is 1.93 bits per heavy atom. The van der Waals surface area contributed by atoms with Crippen LogP contribution in [0.2, 0.25) is 5.02 Å². The molecule has 1 aromatic heterocycles. The smallest absolute Gasteiger partial charge is 0.266 e. The van der Waals surface area contributed by atoms with E-state index < -0.39 is 5.92 Å². The van der Waals surface area contributed by atoms with Crippen LogP contribution in [0.15, 0.2) is 24.3 Å². The van der Waals surface area contributed by atoms with Gasteiger partial charge in [-0.3, -0.25) is 10.9 Å². The summed E-state index contributed by atoms with van der Waals surface area (Å²) in [6, 6.07) is 7.70. The van der Waals surface area contributed by atoms with Crippen LogP contribution in [-0.2, 0) is 11.8 Å². The molecule has 2 aromatic rings. The fourth-order valence-corrected chi connectivity index (χ4v) is 3.68. The van der Waals surface area contributed by atoms with Crippen molar-refractivity contribution in [3.05, 3.63) is 40.7 Å². The summed E-state index contributed by atoms with van der Waals surface area (Å²) in [5, 5.41) is 2.52. The Hall–Kier alpha value is -2.19. The first kappa shape index (κ1) is 20.1. The van der Waals surface area contributed by atoms with Crippen LogP contribution in [-0.4, -0.2) is 40.6 Å². The summed E-state index contributed by atoms with van der Waals surface area (Å²) in [6.07, 6.45) is 0.546. The number of hydrogen-bond donors (Lipinski definition) is 2. The van der Waals surface area contributed by atoms with E-state index in [4.69, 9.17) is 11.6 Å². The molecule has 6 nitrogen and oxygen atoms in total. The lowest BCUT2D eigenvalue weighted by molar-refractivity contribution is 0.0257. The topological polar surface area (TPSA) is 56.3 Å². The van der Waals surface area contributed by atoms with Crippen LogP contribution in [0.5, 0.6) is 0 Å². The van der Waals surface area contributed by atoms with E-state index >= 15 is 0 Å². The fourth-order valence-electron chi connectivity index (χ4n) is 3.45. The molecule has 3 heterocycles. The summed E-state index contributed by atoms with van der Waals surface area (Å²) in [4.78, 5) is 11.0. The maximum Gasteiger partial charge on any atom is 0.266 e. The van der Waals surface area contributed by atoms with Crippen LogP contribution in [0, 0.1) is 0 Å². The van der Waals surface area contributed by atoms with Gasteiger partial charge in [-0.1, -0.05) is 50.6 Å². The summed E-state index contributed by atoms with van der Waals surface area (Å²) >= 11 is 6.25. The number of nitrogens with zero attached hydrogens (tertiary/aromatic N) is 4. The van der Waals surface area contributed by atoms with Gasteiger partial charge in [0, 0.05) is 29.9 Å². The number of aromatic nitrogens is 2. The van der Waals surface area contributed by atoms with Crippen molar-refractivity contribution in [2.45, 2.75) is 45.0 Å². The standard InChI is InChI=1S/C20H25ClF2N6/c1-19(2,3)18-24-16-15(17(25-18)28-11-9-20(22,23)12-28)26-29(27-16)10-8-13-6-4-5-7-14(13)21/h4-7,26H,8-12H2,1-3H3,(H,24,25,27). The number of halogens is 3. The third kappa shape index (κ3) is 4.23. The lowest BCUT2D eigenvalue weighted by Crippen LogP contribution is -2.32. The Balaban J connectivity index is 1.58. The highest BCUT2D eigenvalue weighted by Gasteiger charge is 2.41. The van der Waals surface area contributed by atoms with Gasteiger partial charge in [0.15, 0.2) is 11.6 Å². The number of hydrogen-bond acceptors (Lipinski definition) is 6. The number of hydrazine groups is 2. The first-order valence-corrected chi connectivity index (χ1v) is 10.1. The molecule has 2 aliphatic rings. The number of benzene rings is 1. The van der Waals surface area contributed by atoms with Crippen LogP contribution >= 0.6 is 11.6 Å². The van der Waals surface area contributed by atoms with Crippen LogP contribution in [0.4, 0.5) is 26.1 Å². The average molecular weight is 423 g/mol. The van der Waals surface area contributed by atoms with Gasteiger partial charge in [0.1, 0.15) is 11.5 Å². The highest BCUT2D eigenvalue weighted by molar-refractivity contribution is 6.31. The van der Waals surface area contributed by atoms with Gasteiger partial charge in [0.05, 0.1) is 6.54 Å². The second-order valence-electron chi connectivity index (χ2n) is 8.59. The van der Waals surface area contributed by atoms with Crippen molar-refractivity contribution in [1.82, 2.24) is 15.1 Å². The van der Waals surface area contributed by atoms with Gasteiger partial charge in [0.2, 0.25) is 0 Å². The molecule has 0 bridgehead atoms. The minimum Gasteiger partial charge on any atom is -0.348 e. The van der Waals surface area contributed by atoms with E-state index in [2.05, 4.69) is 20.8 Å². The SMILES string of the molecule is CC(C)(C)c1nc2c(c(N3CCC(F)(F)C3)n1)NN(CCc1ccccc1Cl)N2. The van der Waals surface area contributed by atoms with E-state index in [0.717, 1.165) is 10.6 Å². The number of fused-ring (bicyclic) bond motifs is 1. The third-order valence-electron chi connectivity index (χ3n) is 5.08. The Morgan fingerprint density at radius 3 is 2.59 bits per heavy atom. The monoisotopic (exact) mass is 422 g/mol. The summed E-state index contributed by atoms with van der Waals surface area (Å²) in [7, 11) is 0. The lowest BCUT2D eigenvalue weighted by atomic mass is 9.95. The minimum absolute atomic E-state index is 0.166. The van der Waals surface area contributed by atoms with Gasteiger partial charge in [-0.05, 0) is 18.1 Å².